The lowest BCUT2D eigenvalue weighted by atomic mass is 9.59. The second-order valence-corrected chi connectivity index (χ2v) is 8.85. The Morgan fingerprint density at radius 1 is 1.29 bits per heavy atom. The van der Waals surface area contributed by atoms with Crippen LogP contribution in [0.5, 0.6) is 0 Å². The summed E-state index contributed by atoms with van der Waals surface area (Å²) in [5, 5.41) is 23.2. The van der Waals surface area contributed by atoms with Crippen LogP contribution in [-0.2, 0) is 4.79 Å². The van der Waals surface area contributed by atoms with Crippen LogP contribution >= 0.6 is 23.4 Å². The number of amides is 1. The molecule has 1 aromatic rings. The fraction of sp³-hybridized carbons (Fsp3) is 0.429. The van der Waals surface area contributed by atoms with Crippen molar-refractivity contribution in [1.29, 1.82) is 10.5 Å². The molecule has 2 aliphatic rings. The summed E-state index contributed by atoms with van der Waals surface area (Å²) in [6.45, 7) is 2.15. The molecule has 0 unspecified atom stereocenters. The Bertz CT molecular complexity index is 903. The first-order valence-electron chi connectivity index (χ1n) is 9.18. The zero-order valence-electron chi connectivity index (χ0n) is 15.5. The molecule has 1 atom stereocenters. The summed E-state index contributed by atoms with van der Waals surface area (Å²) < 4.78 is 0. The summed E-state index contributed by atoms with van der Waals surface area (Å²) in [7, 11) is 0. The number of carbonyl (C=O) groups is 2. The van der Waals surface area contributed by atoms with Gasteiger partial charge in [0.2, 0.25) is 5.91 Å². The Morgan fingerprint density at radius 2 is 1.93 bits per heavy atom. The Morgan fingerprint density at radius 3 is 2.50 bits per heavy atom. The number of nitrogens with zero attached hydrogens (tertiary/aromatic N) is 2. The van der Waals surface area contributed by atoms with Crippen molar-refractivity contribution in [2.45, 2.75) is 32.6 Å². The molecule has 0 bridgehead atoms. The van der Waals surface area contributed by atoms with Crippen molar-refractivity contribution < 1.29 is 9.59 Å². The van der Waals surface area contributed by atoms with Crippen molar-refractivity contribution in [2.24, 2.45) is 17.3 Å². The smallest absolute Gasteiger partial charge is 0.243 e. The number of ketones is 1. The molecule has 0 radical (unpaired) electrons. The van der Waals surface area contributed by atoms with Crippen LogP contribution in [-0.4, -0.2) is 17.4 Å². The molecule has 7 heteroatoms. The molecule has 1 amide bonds. The first kappa shape index (κ1) is 20.5. The number of Topliss-reactive ketones (excluding diaryl/α,β-unsaturated/α-hetero) is 1. The molecule has 1 aliphatic heterocycles. The second kappa shape index (κ2) is 8.39. The average Bonchev–Trinajstić information content (AvgIpc) is 2.69. The standard InChI is InChI=1S/C21H20ClN3O2S/c1-13-6-8-21(9-7-13)16(10-23)19(27)25-20(17(21)11-24)28-12-18(26)14-2-4-15(22)5-3-14/h2-5,13,16H,6-9,12H2,1H3,(H,25,27)/t13?,16-,21?/m1/s1. The third-order valence-corrected chi connectivity index (χ3v) is 6.95. The predicted molar refractivity (Wildman–Crippen MR) is 108 cm³/mol. The normalized spacial score (nSPS) is 27.1. The number of rotatable bonds is 4. The van der Waals surface area contributed by atoms with E-state index in [1.807, 2.05) is 0 Å². The van der Waals surface area contributed by atoms with Crippen molar-refractivity contribution in [3.63, 3.8) is 0 Å². The van der Waals surface area contributed by atoms with Crippen LogP contribution in [0, 0.1) is 39.9 Å². The molecule has 1 aromatic carbocycles. The van der Waals surface area contributed by atoms with Crippen LogP contribution in [0.25, 0.3) is 0 Å². The molecular weight excluding hydrogens is 394 g/mol. The summed E-state index contributed by atoms with van der Waals surface area (Å²) in [6.07, 6.45) is 3.02. The van der Waals surface area contributed by atoms with Gasteiger partial charge >= 0.3 is 0 Å². The number of halogens is 1. The minimum Gasteiger partial charge on any atom is -0.319 e. The summed E-state index contributed by atoms with van der Waals surface area (Å²) in [4.78, 5) is 25.1. The Labute approximate surface area is 173 Å². The topological polar surface area (TPSA) is 93.8 Å². The molecule has 5 nitrogen and oxygen atoms in total. The summed E-state index contributed by atoms with van der Waals surface area (Å²) >= 11 is 7.01. The Kier molecular flexibility index (Phi) is 6.13. The number of thioether (sulfide) groups is 1. The van der Waals surface area contributed by atoms with Gasteiger partial charge in [-0.2, -0.15) is 10.5 Å². The first-order valence-corrected chi connectivity index (χ1v) is 10.5. The number of carbonyl (C=O) groups excluding carboxylic acids is 2. The van der Waals surface area contributed by atoms with Crippen molar-refractivity contribution in [1.82, 2.24) is 5.32 Å². The first-order chi connectivity index (χ1) is 13.4. The lowest BCUT2D eigenvalue weighted by molar-refractivity contribution is -0.127. The van der Waals surface area contributed by atoms with E-state index >= 15 is 0 Å². The van der Waals surface area contributed by atoms with Gasteiger partial charge in [-0.3, -0.25) is 9.59 Å². The van der Waals surface area contributed by atoms with E-state index in [1.54, 1.807) is 24.3 Å². The highest BCUT2D eigenvalue weighted by Gasteiger charge is 2.52. The molecule has 1 N–H and O–H groups in total. The maximum Gasteiger partial charge on any atom is 0.243 e. The van der Waals surface area contributed by atoms with E-state index in [-0.39, 0.29) is 17.4 Å². The highest BCUT2D eigenvalue weighted by molar-refractivity contribution is 8.03. The summed E-state index contributed by atoms with van der Waals surface area (Å²) in [5.41, 5.74) is 0.220. The third kappa shape index (κ3) is 3.81. The number of nitrogens with one attached hydrogen (secondary N) is 1. The number of allylic oxidation sites excluding steroid dienone is 1. The summed E-state index contributed by atoms with van der Waals surface area (Å²) in [6, 6.07) is 11.0. The van der Waals surface area contributed by atoms with Gasteiger partial charge in [0.15, 0.2) is 5.78 Å². The fourth-order valence-electron chi connectivity index (χ4n) is 3.99. The van der Waals surface area contributed by atoms with Gasteiger partial charge in [-0.05, 0) is 55.9 Å². The maximum absolute atomic E-state index is 12.6. The molecule has 1 aliphatic carbocycles. The van der Waals surface area contributed by atoms with Gasteiger partial charge in [0.25, 0.3) is 0 Å². The zero-order chi connectivity index (χ0) is 20.3. The van der Waals surface area contributed by atoms with E-state index < -0.39 is 11.3 Å². The van der Waals surface area contributed by atoms with Crippen molar-refractivity contribution >= 4 is 35.1 Å². The van der Waals surface area contributed by atoms with Crippen LogP contribution in [0.1, 0.15) is 43.0 Å². The van der Waals surface area contributed by atoms with Crippen LogP contribution in [0.2, 0.25) is 5.02 Å². The maximum atomic E-state index is 12.6. The van der Waals surface area contributed by atoms with E-state index in [4.69, 9.17) is 11.6 Å². The average molecular weight is 414 g/mol. The quantitative estimate of drug-likeness (QED) is 0.735. The molecule has 0 saturated heterocycles. The van der Waals surface area contributed by atoms with Gasteiger partial charge in [-0.1, -0.05) is 30.3 Å². The van der Waals surface area contributed by atoms with Crippen molar-refractivity contribution in [3.8, 4) is 12.1 Å². The molecule has 28 heavy (non-hydrogen) atoms. The molecule has 1 spiro atoms. The van der Waals surface area contributed by atoms with Gasteiger partial charge < -0.3 is 5.32 Å². The highest BCUT2D eigenvalue weighted by Crippen LogP contribution is 2.53. The van der Waals surface area contributed by atoms with Crippen molar-refractivity contribution in [3.05, 3.63) is 45.5 Å². The predicted octanol–water partition coefficient (Wildman–Crippen LogP) is 4.46. The van der Waals surface area contributed by atoms with Crippen LogP contribution < -0.4 is 5.32 Å². The van der Waals surface area contributed by atoms with Gasteiger partial charge in [0, 0.05) is 16.0 Å². The number of hydrogen-bond acceptors (Lipinski definition) is 5. The molecule has 1 fully saturated rings. The molecular formula is C21H20ClN3O2S. The number of benzene rings is 1. The molecule has 144 valence electrons. The van der Waals surface area contributed by atoms with Crippen LogP contribution in [0.15, 0.2) is 34.9 Å². The van der Waals surface area contributed by atoms with Gasteiger partial charge in [0.05, 0.1) is 28.5 Å². The van der Waals surface area contributed by atoms with E-state index in [0.29, 0.717) is 39.9 Å². The number of nitriles is 2. The summed E-state index contributed by atoms with van der Waals surface area (Å²) in [5.74, 6) is -0.762. The van der Waals surface area contributed by atoms with E-state index in [0.717, 1.165) is 24.6 Å². The minimum atomic E-state index is -0.869. The molecule has 1 heterocycles. The van der Waals surface area contributed by atoms with Crippen LogP contribution in [0.4, 0.5) is 0 Å². The Balaban J connectivity index is 1.88. The van der Waals surface area contributed by atoms with E-state index in [1.165, 1.54) is 0 Å². The number of hydrogen-bond donors (Lipinski definition) is 1. The second-order valence-electron chi connectivity index (χ2n) is 7.42. The zero-order valence-corrected chi connectivity index (χ0v) is 17.1. The molecule has 3 rings (SSSR count). The van der Waals surface area contributed by atoms with Gasteiger partial charge in [-0.25, -0.2) is 0 Å². The van der Waals surface area contributed by atoms with E-state index in [2.05, 4.69) is 24.4 Å². The minimum absolute atomic E-state index is 0.0894. The van der Waals surface area contributed by atoms with Crippen LogP contribution in [0.3, 0.4) is 0 Å². The fourth-order valence-corrected chi connectivity index (χ4v) is 5.13. The molecule has 0 aromatic heterocycles. The van der Waals surface area contributed by atoms with Gasteiger partial charge in [0.1, 0.15) is 5.92 Å². The SMILES string of the molecule is CC1CCC2(CC1)C(C#N)=C(SCC(=O)c1ccc(Cl)cc1)NC(=O)[C@H]2C#N. The van der Waals surface area contributed by atoms with Gasteiger partial charge in [-0.15, -0.1) is 0 Å². The third-order valence-electron chi connectivity index (χ3n) is 5.70. The Hall–Kier alpha value is -2.28. The highest BCUT2D eigenvalue weighted by atomic mass is 35.5. The molecule has 1 saturated carbocycles. The van der Waals surface area contributed by atoms with E-state index in [9.17, 15) is 20.1 Å². The largest absolute Gasteiger partial charge is 0.319 e. The monoisotopic (exact) mass is 413 g/mol. The lowest BCUT2D eigenvalue weighted by Gasteiger charge is -2.44. The van der Waals surface area contributed by atoms with Crippen molar-refractivity contribution in [2.75, 3.05) is 5.75 Å². The lowest BCUT2D eigenvalue weighted by Crippen LogP contribution is -2.49.